The van der Waals surface area contributed by atoms with Gasteiger partial charge in [0.1, 0.15) is 0 Å². The monoisotopic (exact) mass is 302 g/mol. The summed E-state index contributed by atoms with van der Waals surface area (Å²) in [6, 6.07) is 7.96. The summed E-state index contributed by atoms with van der Waals surface area (Å²) in [5.74, 6) is 0.887. The maximum Gasteiger partial charge on any atom is 0.257 e. The van der Waals surface area contributed by atoms with Crippen molar-refractivity contribution in [3.05, 3.63) is 52.4 Å². The Hall–Kier alpha value is -2.76. The highest BCUT2D eigenvalue weighted by Crippen LogP contribution is 2.30. The summed E-state index contributed by atoms with van der Waals surface area (Å²) in [7, 11) is 0. The van der Waals surface area contributed by atoms with Crippen LogP contribution in [0.25, 0.3) is 0 Å². The van der Waals surface area contributed by atoms with Gasteiger partial charge in [0.2, 0.25) is 5.56 Å². The highest BCUT2D eigenvalue weighted by molar-refractivity contribution is 6.04. The minimum atomic E-state index is -0.317. The lowest BCUT2D eigenvalue weighted by molar-refractivity contribution is 0.102. The molecule has 6 heteroatoms. The fourth-order valence-electron chi connectivity index (χ4n) is 1.88. The van der Waals surface area contributed by atoms with Crippen LogP contribution in [0.4, 0.5) is 5.69 Å². The maximum atomic E-state index is 12.1. The van der Waals surface area contributed by atoms with Crippen molar-refractivity contribution in [1.82, 2.24) is 4.98 Å². The fraction of sp³-hybridized carbons (Fsp3) is 0.250. The predicted molar refractivity (Wildman–Crippen MR) is 83.8 cm³/mol. The van der Waals surface area contributed by atoms with Gasteiger partial charge < -0.3 is 19.8 Å². The second kappa shape index (κ2) is 7.31. The van der Waals surface area contributed by atoms with Gasteiger partial charge in [-0.3, -0.25) is 9.59 Å². The van der Waals surface area contributed by atoms with Crippen LogP contribution in [0.5, 0.6) is 11.5 Å². The lowest BCUT2D eigenvalue weighted by Gasteiger charge is -2.13. The molecular weight excluding hydrogens is 284 g/mol. The van der Waals surface area contributed by atoms with Crippen molar-refractivity contribution in [1.29, 1.82) is 0 Å². The van der Waals surface area contributed by atoms with Gasteiger partial charge in [-0.05, 0) is 32.0 Å². The number of aromatic nitrogens is 1. The van der Waals surface area contributed by atoms with Crippen molar-refractivity contribution in [3.63, 3.8) is 0 Å². The molecule has 1 aromatic heterocycles. The molecule has 1 heterocycles. The van der Waals surface area contributed by atoms with Gasteiger partial charge in [0.15, 0.2) is 11.5 Å². The first-order chi connectivity index (χ1) is 10.6. The number of nitrogens with one attached hydrogen (secondary N) is 2. The molecule has 0 aliphatic carbocycles. The summed E-state index contributed by atoms with van der Waals surface area (Å²) < 4.78 is 11.0. The maximum absolute atomic E-state index is 12.1. The zero-order chi connectivity index (χ0) is 15.9. The number of rotatable bonds is 6. The Bertz CT molecular complexity index is 689. The Balaban J connectivity index is 2.18. The molecule has 6 nitrogen and oxygen atoms in total. The molecule has 0 saturated heterocycles. The van der Waals surface area contributed by atoms with Gasteiger partial charge in [-0.2, -0.15) is 0 Å². The van der Waals surface area contributed by atoms with E-state index in [0.717, 1.165) is 0 Å². The number of carbonyl (C=O) groups excluding carboxylic acids is 1. The number of H-pyrrole nitrogens is 1. The Morgan fingerprint density at radius 2 is 1.82 bits per heavy atom. The standard InChI is InChI=1S/C16H18N2O4/c1-3-21-13-7-6-12(9-14(13)22-4-2)18-16(20)11-5-8-15(19)17-10-11/h5-10H,3-4H2,1-2H3,(H,17,19)(H,18,20). The Kier molecular flexibility index (Phi) is 5.19. The molecule has 0 unspecified atom stereocenters. The van der Waals surface area contributed by atoms with Gasteiger partial charge in [0.25, 0.3) is 5.91 Å². The zero-order valence-electron chi connectivity index (χ0n) is 12.5. The second-order valence-electron chi connectivity index (χ2n) is 4.42. The third-order valence-corrected chi connectivity index (χ3v) is 2.85. The van der Waals surface area contributed by atoms with Crippen LogP contribution in [0.1, 0.15) is 24.2 Å². The Morgan fingerprint density at radius 3 is 2.45 bits per heavy atom. The van der Waals surface area contributed by atoms with Gasteiger partial charge in [-0.15, -0.1) is 0 Å². The van der Waals surface area contributed by atoms with Gasteiger partial charge >= 0.3 is 0 Å². The number of ether oxygens (including phenoxy) is 2. The number of amides is 1. The van der Waals surface area contributed by atoms with Crippen LogP contribution in [0.15, 0.2) is 41.3 Å². The van der Waals surface area contributed by atoms with Crippen molar-refractivity contribution < 1.29 is 14.3 Å². The highest BCUT2D eigenvalue weighted by atomic mass is 16.5. The average molecular weight is 302 g/mol. The molecule has 116 valence electrons. The second-order valence-corrected chi connectivity index (χ2v) is 4.42. The van der Waals surface area contributed by atoms with E-state index in [9.17, 15) is 9.59 Å². The van der Waals surface area contributed by atoms with Crippen LogP contribution in [0.2, 0.25) is 0 Å². The first-order valence-corrected chi connectivity index (χ1v) is 7.03. The van der Waals surface area contributed by atoms with E-state index in [0.29, 0.717) is 36.0 Å². The van der Waals surface area contributed by atoms with Crippen LogP contribution < -0.4 is 20.3 Å². The van der Waals surface area contributed by atoms with Crippen LogP contribution in [0, 0.1) is 0 Å². The summed E-state index contributed by atoms with van der Waals surface area (Å²) in [6.45, 7) is 4.80. The van der Waals surface area contributed by atoms with E-state index >= 15 is 0 Å². The van der Waals surface area contributed by atoms with Crippen LogP contribution in [0.3, 0.4) is 0 Å². The smallest absolute Gasteiger partial charge is 0.257 e. The molecule has 0 atom stereocenters. The minimum absolute atomic E-state index is 0.253. The summed E-state index contributed by atoms with van der Waals surface area (Å²) in [6.07, 6.45) is 1.37. The number of aromatic amines is 1. The number of benzene rings is 1. The number of hydrogen-bond acceptors (Lipinski definition) is 4. The van der Waals surface area contributed by atoms with Crippen molar-refractivity contribution in [2.75, 3.05) is 18.5 Å². The van der Waals surface area contributed by atoms with E-state index in [2.05, 4.69) is 10.3 Å². The van der Waals surface area contributed by atoms with E-state index in [1.54, 1.807) is 18.2 Å². The Labute approximate surface area is 128 Å². The van der Waals surface area contributed by atoms with E-state index in [4.69, 9.17) is 9.47 Å². The highest BCUT2D eigenvalue weighted by Gasteiger charge is 2.10. The van der Waals surface area contributed by atoms with Crippen molar-refractivity contribution in [2.24, 2.45) is 0 Å². The summed E-state index contributed by atoms with van der Waals surface area (Å²) in [5.41, 5.74) is 0.700. The molecule has 2 N–H and O–H groups in total. The fourth-order valence-corrected chi connectivity index (χ4v) is 1.88. The van der Waals surface area contributed by atoms with E-state index < -0.39 is 0 Å². The van der Waals surface area contributed by atoms with Crippen LogP contribution >= 0.6 is 0 Å². The molecule has 1 amide bonds. The molecule has 2 aromatic rings. The van der Waals surface area contributed by atoms with Crippen molar-refractivity contribution >= 4 is 11.6 Å². The first-order valence-electron chi connectivity index (χ1n) is 7.03. The molecule has 0 fully saturated rings. The number of pyridine rings is 1. The molecule has 0 spiro atoms. The number of carbonyl (C=O) groups is 1. The predicted octanol–water partition coefficient (Wildman–Crippen LogP) is 2.42. The van der Waals surface area contributed by atoms with Gasteiger partial charge in [-0.1, -0.05) is 0 Å². The normalized spacial score (nSPS) is 10.1. The van der Waals surface area contributed by atoms with Gasteiger partial charge in [0.05, 0.1) is 18.8 Å². The molecule has 22 heavy (non-hydrogen) atoms. The largest absolute Gasteiger partial charge is 0.490 e. The zero-order valence-corrected chi connectivity index (χ0v) is 12.5. The minimum Gasteiger partial charge on any atom is -0.490 e. The lowest BCUT2D eigenvalue weighted by atomic mass is 10.2. The van der Waals surface area contributed by atoms with E-state index in [-0.39, 0.29) is 11.5 Å². The van der Waals surface area contributed by atoms with E-state index in [1.807, 2.05) is 13.8 Å². The molecule has 0 aliphatic rings. The third-order valence-electron chi connectivity index (χ3n) is 2.85. The third kappa shape index (κ3) is 3.88. The average Bonchev–Trinajstić information content (AvgIpc) is 2.51. The SMILES string of the molecule is CCOc1ccc(NC(=O)c2ccc(=O)[nH]c2)cc1OCC. The van der Waals surface area contributed by atoms with Crippen LogP contribution in [-0.4, -0.2) is 24.1 Å². The van der Waals surface area contributed by atoms with Gasteiger partial charge in [-0.25, -0.2) is 0 Å². The van der Waals surface area contributed by atoms with E-state index in [1.165, 1.54) is 18.3 Å². The number of hydrogen-bond donors (Lipinski definition) is 2. The quantitative estimate of drug-likeness (QED) is 0.858. The molecule has 1 aromatic carbocycles. The first kappa shape index (κ1) is 15.6. The molecule has 0 saturated carbocycles. The molecule has 2 rings (SSSR count). The Morgan fingerprint density at radius 1 is 1.09 bits per heavy atom. The summed E-state index contributed by atoms with van der Waals surface area (Å²) >= 11 is 0. The lowest BCUT2D eigenvalue weighted by Crippen LogP contribution is -2.14. The van der Waals surface area contributed by atoms with Crippen molar-refractivity contribution in [3.8, 4) is 11.5 Å². The topological polar surface area (TPSA) is 80.4 Å². The van der Waals surface area contributed by atoms with Crippen LogP contribution in [-0.2, 0) is 0 Å². The summed E-state index contributed by atoms with van der Waals surface area (Å²) in [5, 5.41) is 2.75. The summed E-state index contributed by atoms with van der Waals surface area (Å²) in [4.78, 5) is 25.6. The van der Waals surface area contributed by atoms with Crippen molar-refractivity contribution in [2.45, 2.75) is 13.8 Å². The molecule has 0 radical (unpaired) electrons. The molecule has 0 aliphatic heterocycles. The number of anilines is 1. The molecular formula is C16H18N2O4. The van der Waals surface area contributed by atoms with Gasteiger partial charge in [0, 0.05) is 24.0 Å². The molecule has 0 bridgehead atoms.